The van der Waals surface area contributed by atoms with Crippen LogP contribution in [0.2, 0.25) is 0 Å². The molecule has 1 fully saturated rings. The second-order valence-electron chi connectivity index (χ2n) is 27.8. The average Bonchev–Trinajstić information content (AvgIpc) is 1.08. The number of aliphatic carboxylic acids is 4. The number of cyclic esters (lactones) is 1. The summed E-state index contributed by atoms with van der Waals surface area (Å²) in [5, 5.41) is 77.6. The van der Waals surface area contributed by atoms with Gasteiger partial charge in [-0.05, 0) is 63.0 Å². The molecule has 22 N–H and O–H groups in total. The van der Waals surface area contributed by atoms with Gasteiger partial charge in [0.15, 0.2) is 12.2 Å². The van der Waals surface area contributed by atoms with Crippen LogP contribution in [0.1, 0.15) is 138 Å². The molecule has 0 spiro atoms. The number of unbranched alkanes of at least 4 members (excludes halogenated alkanes) is 3. The van der Waals surface area contributed by atoms with Gasteiger partial charge in [-0.1, -0.05) is 84.9 Å². The number of carboxylic acid groups (broad SMARTS) is 4. The molecule has 1 aromatic carbocycles. The standard InChI is InChI=1S/C70H104N16O27/c1-11-32(4)52-70(111)113-36(8)53(83-67(107)54(56(97)58(72)98)84-61(101)40(22-23-48(91)92)79-63(103)41(25-37-28-73-39-20-17-16-19-38(37)39)77-45(88)21-15-13-12-14-18-31(2)3)68(108)86(9)30-47(90)75-34(6)59(99)80-43(27-50(95)96)62(102)76-35(7)60(100)85-55(57(112-10)69(109)110)65(105)74-29-46(89)78-42(26-44(71)87)64(104)81-51(66(106)82-52)33(5)24-49(93)94/h16-17,19-20,28,31-36,40-43,51-57,73,97H,11-15,18,21-27,29-30H2,1-10H3,(H2,71,87)(H2,72,98)(H,74,105)(H,75,90)(H,76,102)(H,77,88)(H,78,89)(H,79,103)(H,80,99)(H,81,104)(H,82,106)(H,83,107)(H,84,101)(H,85,100)(H,91,92)(H,93,94)(H,95,96)(H,109,110). The second-order valence-corrected chi connectivity index (χ2v) is 27.8. The summed E-state index contributed by atoms with van der Waals surface area (Å²) in [5.74, 6) is -30.6. The van der Waals surface area contributed by atoms with Gasteiger partial charge in [-0.15, -0.1) is 0 Å². The number of likely N-dealkylation sites (N-methyl/N-ethyl adjacent to an activating group) is 1. The van der Waals surface area contributed by atoms with Crippen LogP contribution in [-0.2, 0) is 112 Å². The minimum atomic E-state index is -2.80. The van der Waals surface area contributed by atoms with E-state index in [9.17, 15) is 121 Å². The van der Waals surface area contributed by atoms with Crippen molar-refractivity contribution < 1.29 is 131 Å². The van der Waals surface area contributed by atoms with Crippen LogP contribution in [0.3, 0.4) is 0 Å². The lowest BCUT2D eigenvalue weighted by atomic mass is 9.94. The lowest BCUT2D eigenvalue weighted by Gasteiger charge is -2.33. The average molecular weight is 1600 g/mol. The molecule has 1 aliphatic heterocycles. The Labute approximate surface area is 647 Å². The van der Waals surface area contributed by atoms with Crippen molar-refractivity contribution in [2.45, 2.75) is 224 Å². The zero-order valence-electron chi connectivity index (χ0n) is 64.1. The van der Waals surface area contributed by atoms with Gasteiger partial charge in [-0.2, -0.15) is 0 Å². The minimum absolute atomic E-state index is 0.0264. The van der Waals surface area contributed by atoms with E-state index in [1.54, 1.807) is 30.5 Å². The summed E-state index contributed by atoms with van der Waals surface area (Å²) < 4.78 is 10.7. The number of carbonyl (C=O) groups excluding carboxylic acids is 16. The Balaban J connectivity index is 2.26. The van der Waals surface area contributed by atoms with Crippen molar-refractivity contribution in [3.8, 4) is 0 Å². The van der Waals surface area contributed by atoms with Gasteiger partial charge in [0.05, 0.1) is 32.4 Å². The van der Waals surface area contributed by atoms with Crippen LogP contribution in [-0.4, -0.2) is 266 Å². The van der Waals surface area contributed by atoms with Crippen LogP contribution in [0.15, 0.2) is 30.5 Å². The topological polar surface area (TPSA) is 676 Å². The molecule has 0 bridgehead atoms. The van der Waals surface area contributed by atoms with Crippen LogP contribution in [0.4, 0.5) is 0 Å². The molecule has 3 rings (SSSR count). The summed E-state index contributed by atoms with van der Waals surface area (Å²) in [5.41, 5.74) is 12.1. The number of esters is 1. The number of H-pyrrole nitrogens is 1. The maximum absolute atomic E-state index is 14.9. The molecule has 626 valence electrons. The number of carboxylic acids is 4. The highest BCUT2D eigenvalue weighted by atomic mass is 16.5. The van der Waals surface area contributed by atoms with E-state index >= 15 is 0 Å². The highest BCUT2D eigenvalue weighted by molar-refractivity contribution is 6.02. The van der Waals surface area contributed by atoms with Crippen LogP contribution < -0.4 is 75.3 Å². The Hall–Kier alpha value is -11.9. The summed E-state index contributed by atoms with van der Waals surface area (Å²) >= 11 is 0. The fourth-order valence-electron chi connectivity index (χ4n) is 11.5. The van der Waals surface area contributed by atoms with Gasteiger partial charge in [0.2, 0.25) is 88.6 Å². The molecule has 0 radical (unpaired) electrons. The van der Waals surface area contributed by atoms with Gasteiger partial charge in [0.25, 0.3) is 0 Å². The fourth-order valence-corrected chi connectivity index (χ4v) is 11.5. The highest BCUT2D eigenvalue weighted by Crippen LogP contribution is 2.22. The number of amides is 15. The number of carbonyl (C=O) groups is 20. The summed E-state index contributed by atoms with van der Waals surface area (Å²) in [6.45, 7) is 8.69. The number of hydrogen-bond donors (Lipinski definition) is 20. The van der Waals surface area contributed by atoms with Gasteiger partial charge < -0.3 is 120 Å². The number of methoxy groups -OCH3 is 1. The fraction of sp³-hybridized carbons (Fsp3) is 0.600. The van der Waals surface area contributed by atoms with E-state index < -0.39 is 260 Å². The molecule has 0 aliphatic carbocycles. The minimum Gasteiger partial charge on any atom is -0.481 e. The second kappa shape index (κ2) is 46.0. The molecular formula is C70H104N16O27. The number of fused-ring (bicyclic) bond motifs is 1. The lowest BCUT2D eigenvalue weighted by molar-refractivity contribution is -0.159. The number of aromatic amines is 1. The number of nitrogens with zero attached hydrogens (tertiary/aromatic N) is 1. The first-order chi connectivity index (χ1) is 52.9. The van der Waals surface area contributed by atoms with Crippen molar-refractivity contribution in [1.29, 1.82) is 0 Å². The Morgan fingerprint density at radius 1 is 0.619 bits per heavy atom. The van der Waals surface area contributed by atoms with Crippen molar-refractivity contribution >= 4 is 129 Å². The number of nitrogens with one attached hydrogen (secondary N) is 13. The van der Waals surface area contributed by atoms with Crippen LogP contribution >= 0.6 is 0 Å². The summed E-state index contributed by atoms with van der Waals surface area (Å²) in [6, 6.07) is -15.7. The number of primary amides is 2. The number of rotatable bonds is 33. The summed E-state index contributed by atoms with van der Waals surface area (Å²) in [7, 11) is 1.69. The van der Waals surface area contributed by atoms with E-state index in [1.807, 2.05) is 16.0 Å². The monoisotopic (exact) mass is 1600 g/mol. The van der Waals surface area contributed by atoms with Crippen molar-refractivity contribution in [1.82, 2.24) is 73.7 Å². The molecule has 113 heavy (non-hydrogen) atoms. The number of hydrogen-bond acceptors (Lipinski definition) is 23. The van der Waals surface area contributed by atoms with E-state index in [-0.39, 0.29) is 19.3 Å². The SMILES string of the molecule is CCC(C)C1NC(=O)C(C(C)CC(=O)O)NC(=O)C(CC(N)=O)NC(=O)CNC(=O)C(C(OC)C(=O)O)NC(=O)C(C)NC(=O)C(CC(=O)O)NC(=O)C(C)NC(=O)CN(C)C(=O)C(NC(=O)C(NC(=O)C(CCC(=O)O)NC(=O)C(Cc2c[nH]c3ccccc23)NC(=O)CCCCCCC(C)C)C(O)C(N)=O)C(C)OC1=O. The number of nitrogens with two attached hydrogens (primary N) is 2. The van der Waals surface area contributed by atoms with Crippen LogP contribution in [0.25, 0.3) is 10.9 Å². The lowest BCUT2D eigenvalue weighted by Crippen LogP contribution is -2.64. The Kier molecular flexibility index (Phi) is 38.8. The van der Waals surface area contributed by atoms with Crippen molar-refractivity contribution in [3.63, 3.8) is 0 Å². The Morgan fingerprint density at radius 3 is 1.81 bits per heavy atom. The zero-order chi connectivity index (χ0) is 85.4. The number of ether oxygens (including phenoxy) is 2. The van der Waals surface area contributed by atoms with E-state index in [1.165, 1.54) is 13.8 Å². The molecule has 1 aliphatic rings. The molecule has 1 saturated heterocycles. The number of aliphatic hydroxyl groups excluding tert-OH is 1. The molecule has 16 atom stereocenters. The first-order valence-electron chi connectivity index (χ1n) is 36.2. The number of para-hydroxylation sites is 1. The molecule has 0 saturated carbocycles. The molecule has 2 aromatic rings. The molecule has 2 heterocycles. The van der Waals surface area contributed by atoms with Gasteiger partial charge in [-0.25, -0.2) is 9.59 Å². The predicted molar refractivity (Wildman–Crippen MR) is 391 cm³/mol. The third-order valence-corrected chi connectivity index (χ3v) is 18.1. The molecular weight excluding hydrogens is 1500 g/mol. The van der Waals surface area contributed by atoms with Crippen LogP contribution in [0, 0.1) is 17.8 Å². The molecule has 15 amide bonds. The first-order valence-corrected chi connectivity index (χ1v) is 36.2. The van der Waals surface area contributed by atoms with E-state index in [4.69, 9.17) is 20.9 Å². The van der Waals surface area contributed by atoms with Gasteiger partial charge in [0, 0.05) is 50.5 Å². The number of aromatic nitrogens is 1. The van der Waals surface area contributed by atoms with Gasteiger partial charge in [0.1, 0.15) is 72.6 Å². The van der Waals surface area contributed by atoms with Crippen molar-refractivity contribution in [2.75, 3.05) is 27.2 Å². The van der Waals surface area contributed by atoms with E-state index in [2.05, 4.69) is 66.7 Å². The largest absolute Gasteiger partial charge is 0.481 e. The summed E-state index contributed by atoms with van der Waals surface area (Å²) in [6.07, 6.45) is -6.91. The smallest absolute Gasteiger partial charge is 0.335 e. The summed E-state index contributed by atoms with van der Waals surface area (Å²) in [4.78, 5) is 275. The quantitative estimate of drug-likeness (QED) is 0.0234. The molecule has 16 unspecified atom stereocenters. The van der Waals surface area contributed by atoms with Gasteiger partial charge >= 0.3 is 29.8 Å². The zero-order valence-corrected chi connectivity index (χ0v) is 64.1. The first kappa shape index (κ1) is 95.3. The van der Waals surface area contributed by atoms with E-state index in [0.29, 0.717) is 40.1 Å². The van der Waals surface area contributed by atoms with Crippen molar-refractivity contribution in [2.24, 2.45) is 29.2 Å². The third-order valence-electron chi connectivity index (χ3n) is 18.1. The highest BCUT2D eigenvalue weighted by Gasteiger charge is 2.44. The Morgan fingerprint density at radius 2 is 1.21 bits per heavy atom. The number of aliphatic hydroxyl groups is 1. The number of benzene rings is 1. The van der Waals surface area contributed by atoms with Crippen LogP contribution in [0.5, 0.6) is 0 Å². The molecule has 43 heteroatoms. The van der Waals surface area contributed by atoms with Gasteiger partial charge in [-0.3, -0.25) is 86.3 Å². The Bertz CT molecular complexity index is 3810. The maximum Gasteiger partial charge on any atom is 0.335 e. The molecule has 1 aromatic heterocycles. The van der Waals surface area contributed by atoms with Crippen molar-refractivity contribution in [3.05, 3.63) is 36.0 Å². The molecule has 43 nitrogen and oxygen atoms in total. The van der Waals surface area contributed by atoms with E-state index in [0.717, 1.165) is 61.1 Å². The predicted octanol–water partition coefficient (Wildman–Crippen LogP) is -6.08. The normalized spacial score (nSPS) is 22.4. The maximum atomic E-state index is 14.9. The third kappa shape index (κ3) is 31.4.